The van der Waals surface area contributed by atoms with Crippen LogP contribution in [0.15, 0.2) is 53.3 Å². The Morgan fingerprint density at radius 1 is 1.04 bits per heavy atom. The molecule has 0 saturated carbocycles. The van der Waals surface area contributed by atoms with Crippen LogP contribution in [0.25, 0.3) is 11.0 Å². The molecule has 142 valence electrons. The summed E-state index contributed by atoms with van der Waals surface area (Å²) in [6.07, 6.45) is 1.95. The Morgan fingerprint density at radius 2 is 1.74 bits per heavy atom. The zero-order valence-electron chi connectivity index (χ0n) is 15.6. The van der Waals surface area contributed by atoms with Gasteiger partial charge in [-0.25, -0.2) is 4.79 Å². The van der Waals surface area contributed by atoms with Crippen molar-refractivity contribution in [2.45, 2.75) is 18.9 Å². The number of H-pyrrole nitrogens is 1. The molecule has 3 aromatic rings. The molecule has 1 aromatic heterocycles. The highest BCUT2D eigenvalue weighted by atomic mass is 16.5. The van der Waals surface area contributed by atoms with Gasteiger partial charge in [0.05, 0.1) is 18.1 Å². The molecule has 1 fully saturated rings. The van der Waals surface area contributed by atoms with E-state index in [1.165, 1.54) is 0 Å². The van der Waals surface area contributed by atoms with Crippen molar-refractivity contribution >= 4 is 11.0 Å². The van der Waals surface area contributed by atoms with E-state index in [9.17, 15) is 4.79 Å². The number of likely N-dealkylation sites (tertiary alicyclic amines) is 1. The zero-order valence-corrected chi connectivity index (χ0v) is 15.6. The summed E-state index contributed by atoms with van der Waals surface area (Å²) in [7, 11) is 1.66. The molecule has 2 heterocycles. The van der Waals surface area contributed by atoms with Crippen molar-refractivity contribution in [3.63, 3.8) is 0 Å². The first-order valence-corrected chi connectivity index (χ1v) is 9.43. The van der Waals surface area contributed by atoms with E-state index in [4.69, 9.17) is 9.47 Å². The van der Waals surface area contributed by atoms with E-state index >= 15 is 0 Å². The van der Waals surface area contributed by atoms with Gasteiger partial charge < -0.3 is 14.5 Å². The number of nitrogens with zero attached hydrogens (tertiary/aromatic N) is 2. The fraction of sp³-hybridized carbons (Fsp3) is 0.381. The molecule has 6 nitrogen and oxygen atoms in total. The van der Waals surface area contributed by atoms with Crippen LogP contribution in [0, 0.1) is 0 Å². The number of methoxy groups -OCH3 is 1. The number of aromatic nitrogens is 2. The second-order valence-corrected chi connectivity index (χ2v) is 6.91. The first kappa shape index (κ1) is 17.7. The van der Waals surface area contributed by atoms with E-state index in [0.29, 0.717) is 6.61 Å². The fourth-order valence-electron chi connectivity index (χ4n) is 3.80. The third-order valence-electron chi connectivity index (χ3n) is 5.28. The van der Waals surface area contributed by atoms with Gasteiger partial charge in [0.25, 0.3) is 0 Å². The van der Waals surface area contributed by atoms with Gasteiger partial charge in [0.15, 0.2) is 0 Å². The largest absolute Gasteiger partial charge is 0.497 e. The second kappa shape index (κ2) is 7.88. The lowest BCUT2D eigenvalue weighted by Crippen LogP contribution is -2.38. The molecule has 0 bridgehead atoms. The number of nitrogens with one attached hydrogen (secondary N) is 1. The van der Waals surface area contributed by atoms with Gasteiger partial charge in [0.2, 0.25) is 0 Å². The third-order valence-corrected chi connectivity index (χ3v) is 5.28. The summed E-state index contributed by atoms with van der Waals surface area (Å²) < 4.78 is 12.9. The van der Waals surface area contributed by atoms with E-state index in [2.05, 4.69) is 9.88 Å². The Kier molecular flexibility index (Phi) is 5.16. The number of benzene rings is 2. The topological polar surface area (TPSA) is 59.5 Å². The maximum Gasteiger partial charge on any atom is 0.326 e. The third kappa shape index (κ3) is 3.85. The minimum atomic E-state index is -0.00232. The van der Waals surface area contributed by atoms with Crippen LogP contribution in [-0.2, 0) is 0 Å². The summed E-state index contributed by atoms with van der Waals surface area (Å²) in [5.41, 5.74) is 1.92. The average molecular weight is 367 g/mol. The number of piperidine rings is 1. The van der Waals surface area contributed by atoms with Gasteiger partial charge >= 0.3 is 5.69 Å². The molecule has 0 unspecified atom stereocenters. The van der Waals surface area contributed by atoms with Gasteiger partial charge in [-0.3, -0.25) is 9.47 Å². The molecule has 27 heavy (non-hydrogen) atoms. The Balaban J connectivity index is 1.30. The van der Waals surface area contributed by atoms with Gasteiger partial charge in [0, 0.05) is 25.7 Å². The van der Waals surface area contributed by atoms with Crippen molar-refractivity contribution in [3.05, 3.63) is 59.0 Å². The van der Waals surface area contributed by atoms with Gasteiger partial charge in [-0.1, -0.05) is 12.1 Å². The van der Waals surface area contributed by atoms with E-state index < -0.39 is 0 Å². The Bertz CT molecular complexity index is 937. The molecular weight excluding hydrogens is 342 g/mol. The highest BCUT2D eigenvalue weighted by Gasteiger charge is 2.23. The van der Waals surface area contributed by atoms with Crippen molar-refractivity contribution in [2.24, 2.45) is 0 Å². The fourth-order valence-corrected chi connectivity index (χ4v) is 3.80. The summed E-state index contributed by atoms with van der Waals surface area (Å²) >= 11 is 0. The highest BCUT2D eigenvalue weighted by Crippen LogP contribution is 2.24. The molecule has 0 radical (unpaired) electrons. The standard InChI is InChI=1S/C21H25N3O3/c1-26-17-6-8-18(9-7-17)27-15-14-23-12-10-16(11-13-23)24-20-5-3-2-4-19(20)22-21(24)25/h2-9,16H,10-15H2,1H3,(H,22,25). The SMILES string of the molecule is COc1ccc(OCCN2CCC(n3c(=O)[nH]c4ccccc43)CC2)cc1. The van der Waals surface area contributed by atoms with Crippen molar-refractivity contribution in [1.29, 1.82) is 0 Å². The molecule has 2 aromatic carbocycles. The van der Waals surface area contributed by atoms with Crippen molar-refractivity contribution in [1.82, 2.24) is 14.5 Å². The number of rotatable bonds is 6. The number of imidazole rings is 1. The van der Waals surface area contributed by atoms with Crippen LogP contribution in [0.2, 0.25) is 0 Å². The lowest BCUT2D eigenvalue weighted by molar-refractivity contribution is 0.157. The van der Waals surface area contributed by atoms with Crippen molar-refractivity contribution in [3.8, 4) is 11.5 Å². The molecule has 1 N–H and O–H groups in total. The summed E-state index contributed by atoms with van der Waals surface area (Å²) in [5, 5.41) is 0. The quantitative estimate of drug-likeness (QED) is 0.727. The zero-order chi connectivity index (χ0) is 18.6. The number of hydrogen-bond donors (Lipinski definition) is 1. The number of fused-ring (bicyclic) bond motifs is 1. The molecule has 1 aliphatic heterocycles. The predicted molar refractivity (Wildman–Crippen MR) is 106 cm³/mol. The maximum atomic E-state index is 12.4. The number of ether oxygens (including phenoxy) is 2. The van der Waals surface area contributed by atoms with Crippen molar-refractivity contribution < 1.29 is 9.47 Å². The molecule has 0 amide bonds. The molecule has 1 aliphatic rings. The van der Waals surface area contributed by atoms with Crippen molar-refractivity contribution in [2.75, 3.05) is 33.4 Å². The average Bonchev–Trinajstić information content (AvgIpc) is 3.05. The Hall–Kier alpha value is -2.73. The molecule has 1 saturated heterocycles. The first-order chi connectivity index (χ1) is 13.2. The Morgan fingerprint density at radius 3 is 2.48 bits per heavy atom. The predicted octanol–water partition coefficient (Wildman–Crippen LogP) is 3.05. The monoisotopic (exact) mass is 367 g/mol. The lowest BCUT2D eigenvalue weighted by Gasteiger charge is -2.32. The summed E-state index contributed by atoms with van der Waals surface area (Å²) in [5.74, 6) is 1.69. The number of para-hydroxylation sites is 2. The second-order valence-electron chi connectivity index (χ2n) is 6.91. The number of aromatic amines is 1. The van der Waals surface area contributed by atoms with Crippen LogP contribution in [0.1, 0.15) is 18.9 Å². The van der Waals surface area contributed by atoms with Crippen LogP contribution in [0.3, 0.4) is 0 Å². The maximum absolute atomic E-state index is 12.4. The minimum absolute atomic E-state index is 0.00232. The molecule has 0 spiro atoms. The van der Waals surface area contributed by atoms with Gasteiger partial charge in [0.1, 0.15) is 18.1 Å². The minimum Gasteiger partial charge on any atom is -0.497 e. The molecule has 0 atom stereocenters. The number of hydrogen-bond acceptors (Lipinski definition) is 4. The smallest absolute Gasteiger partial charge is 0.326 e. The molecular formula is C21H25N3O3. The molecule has 0 aliphatic carbocycles. The van der Waals surface area contributed by atoms with E-state index in [1.807, 2.05) is 53.1 Å². The van der Waals surface area contributed by atoms with Crippen LogP contribution in [-0.4, -0.2) is 47.8 Å². The van der Waals surface area contributed by atoms with E-state index in [0.717, 1.165) is 55.0 Å². The summed E-state index contributed by atoms with van der Waals surface area (Å²) in [6, 6.07) is 15.8. The first-order valence-electron chi connectivity index (χ1n) is 9.43. The molecule has 4 rings (SSSR count). The normalized spacial score (nSPS) is 15.9. The summed E-state index contributed by atoms with van der Waals surface area (Å²) in [4.78, 5) is 17.7. The highest BCUT2D eigenvalue weighted by molar-refractivity contribution is 5.75. The Labute approximate surface area is 158 Å². The lowest BCUT2D eigenvalue weighted by atomic mass is 10.0. The van der Waals surface area contributed by atoms with Gasteiger partial charge in [-0.2, -0.15) is 0 Å². The summed E-state index contributed by atoms with van der Waals surface area (Å²) in [6.45, 7) is 3.50. The van der Waals surface area contributed by atoms with Crippen LogP contribution in [0.4, 0.5) is 0 Å². The van der Waals surface area contributed by atoms with Crippen LogP contribution in [0.5, 0.6) is 11.5 Å². The van der Waals surface area contributed by atoms with Gasteiger partial charge in [-0.15, -0.1) is 0 Å². The van der Waals surface area contributed by atoms with Crippen LogP contribution >= 0.6 is 0 Å². The van der Waals surface area contributed by atoms with E-state index in [1.54, 1.807) is 7.11 Å². The van der Waals surface area contributed by atoms with Crippen LogP contribution < -0.4 is 15.2 Å². The van der Waals surface area contributed by atoms with E-state index in [-0.39, 0.29) is 11.7 Å². The molecule has 6 heteroatoms. The van der Waals surface area contributed by atoms with Gasteiger partial charge in [-0.05, 0) is 49.2 Å².